The van der Waals surface area contributed by atoms with Gasteiger partial charge in [0.2, 0.25) is 11.7 Å². The fraction of sp³-hybridized carbons (Fsp3) is 0.185. The molecule has 2 aromatic heterocycles. The summed E-state index contributed by atoms with van der Waals surface area (Å²) in [5.41, 5.74) is 2.66. The predicted molar refractivity (Wildman–Crippen MR) is 130 cm³/mol. The molecule has 7 heteroatoms. The lowest BCUT2D eigenvalue weighted by molar-refractivity contribution is -0.123. The van der Waals surface area contributed by atoms with E-state index in [1.54, 1.807) is 24.5 Å². The molecule has 0 unspecified atom stereocenters. The summed E-state index contributed by atoms with van der Waals surface area (Å²) >= 11 is 0. The van der Waals surface area contributed by atoms with E-state index < -0.39 is 17.5 Å². The molecule has 172 valence electrons. The molecule has 4 aromatic rings. The van der Waals surface area contributed by atoms with Crippen molar-refractivity contribution in [2.75, 3.05) is 4.90 Å². The monoisotopic (exact) mass is 454 g/mol. The highest BCUT2D eigenvalue weighted by Gasteiger charge is 2.36. The largest absolute Gasteiger partial charge is 0.438 e. The van der Waals surface area contributed by atoms with Gasteiger partial charge in [-0.3, -0.25) is 19.5 Å². The zero-order valence-corrected chi connectivity index (χ0v) is 19.3. The Morgan fingerprint density at radius 3 is 2.18 bits per heavy atom. The summed E-state index contributed by atoms with van der Waals surface area (Å²) in [4.78, 5) is 36.7. The van der Waals surface area contributed by atoms with Gasteiger partial charge in [-0.2, -0.15) is 0 Å². The smallest absolute Gasteiger partial charge is 0.296 e. The van der Waals surface area contributed by atoms with E-state index in [9.17, 15) is 9.59 Å². The number of nitrogens with one attached hydrogen (secondary N) is 1. The van der Waals surface area contributed by atoms with Crippen LogP contribution in [0.15, 0.2) is 96.1 Å². The summed E-state index contributed by atoms with van der Waals surface area (Å²) in [5, 5.41) is 3.00. The van der Waals surface area contributed by atoms with Gasteiger partial charge >= 0.3 is 0 Å². The highest BCUT2D eigenvalue weighted by Crippen LogP contribution is 2.32. The van der Waals surface area contributed by atoms with Crippen LogP contribution in [0.25, 0.3) is 11.1 Å². The molecule has 4 rings (SSSR count). The van der Waals surface area contributed by atoms with Crippen molar-refractivity contribution >= 4 is 17.5 Å². The van der Waals surface area contributed by atoms with E-state index in [2.05, 4.69) is 15.3 Å². The van der Waals surface area contributed by atoms with E-state index in [1.807, 2.05) is 75.4 Å². The van der Waals surface area contributed by atoms with Gasteiger partial charge in [-0.1, -0.05) is 48.5 Å². The normalized spacial score (nSPS) is 12.1. The van der Waals surface area contributed by atoms with Crippen LogP contribution in [0.1, 0.15) is 42.9 Å². The van der Waals surface area contributed by atoms with E-state index in [4.69, 9.17) is 4.42 Å². The number of anilines is 1. The van der Waals surface area contributed by atoms with Crippen molar-refractivity contribution in [3.8, 4) is 11.1 Å². The van der Waals surface area contributed by atoms with Gasteiger partial charge in [0.15, 0.2) is 6.39 Å². The van der Waals surface area contributed by atoms with Crippen LogP contribution in [0.5, 0.6) is 0 Å². The van der Waals surface area contributed by atoms with E-state index >= 15 is 0 Å². The number of oxazole rings is 1. The third-order valence-electron chi connectivity index (χ3n) is 5.12. The van der Waals surface area contributed by atoms with Crippen LogP contribution in [0.2, 0.25) is 0 Å². The second kappa shape index (κ2) is 9.70. The standard InChI is InChI=1S/C27H26N4O3/c1-27(2,3)30-25(32)24(21-10-7-15-28-16-21)31(26(33)23-17-29-18-34-23)22-13-11-20(12-14-22)19-8-5-4-6-9-19/h4-18,24H,1-3H3,(H,30,32)/t24-/m1/s1. The maximum Gasteiger partial charge on any atom is 0.296 e. The molecule has 7 nitrogen and oxygen atoms in total. The maximum atomic E-state index is 13.6. The van der Waals surface area contributed by atoms with E-state index in [-0.39, 0.29) is 11.7 Å². The van der Waals surface area contributed by atoms with Crippen LogP contribution in [-0.4, -0.2) is 27.3 Å². The third-order valence-corrected chi connectivity index (χ3v) is 5.12. The van der Waals surface area contributed by atoms with Crippen molar-refractivity contribution in [2.45, 2.75) is 32.4 Å². The van der Waals surface area contributed by atoms with Crippen LogP contribution in [0.3, 0.4) is 0 Å². The number of pyridine rings is 1. The Hall–Kier alpha value is -4.26. The van der Waals surface area contributed by atoms with Gasteiger partial charge in [0.05, 0.1) is 6.20 Å². The highest BCUT2D eigenvalue weighted by atomic mass is 16.3. The molecule has 1 N–H and O–H groups in total. The zero-order chi connectivity index (χ0) is 24.1. The number of hydrogen-bond donors (Lipinski definition) is 1. The highest BCUT2D eigenvalue weighted by molar-refractivity contribution is 6.08. The summed E-state index contributed by atoms with van der Waals surface area (Å²) in [6.07, 6.45) is 5.75. The van der Waals surface area contributed by atoms with Crippen molar-refractivity contribution < 1.29 is 14.0 Å². The molecule has 34 heavy (non-hydrogen) atoms. The van der Waals surface area contributed by atoms with Crippen LogP contribution >= 0.6 is 0 Å². The fourth-order valence-electron chi connectivity index (χ4n) is 3.66. The first-order valence-corrected chi connectivity index (χ1v) is 10.9. The molecule has 2 aromatic carbocycles. The Labute approximate surface area is 198 Å². The quantitative estimate of drug-likeness (QED) is 0.441. The molecule has 2 amide bonds. The van der Waals surface area contributed by atoms with Crippen molar-refractivity contribution in [3.05, 3.63) is 103 Å². The van der Waals surface area contributed by atoms with E-state index in [0.717, 1.165) is 11.1 Å². The zero-order valence-electron chi connectivity index (χ0n) is 19.3. The molecular formula is C27H26N4O3. The summed E-state index contributed by atoms with van der Waals surface area (Å²) < 4.78 is 5.31. The summed E-state index contributed by atoms with van der Waals surface area (Å²) in [6.45, 7) is 5.67. The molecule has 0 saturated heterocycles. The van der Waals surface area contributed by atoms with E-state index in [0.29, 0.717) is 11.3 Å². The number of rotatable bonds is 6. The second-order valence-corrected chi connectivity index (χ2v) is 8.88. The number of hydrogen-bond acceptors (Lipinski definition) is 5. The lowest BCUT2D eigenvalue weighted by atomic mass is 10.0. The van der Waals surface area contributed by atoms with Crippen molar-refractivity contribution in [2.24, 2.45) is 0 Å². The molecule has 0 saturated carbocycles. The second-order valence-electron chi connectivity index (χ2n) is 8.88. The number of benzene rings is 2. The van der Waals surface area contributed by atoms with Gasteiger partial charge in [-0.25, -0.2) is 4.98 Å². The molecule has 0 radical (unpaired) electrons. The van der Waals surface area contributed by atoms with E-state index in [1.165, 1.54) is 17.5 Å². The topological polar surface area (TPSA) is 88.3 Å². The minimum absolute atomic E-state index is 0.0320. The van der Waals surface area contributed by atoms with Gasteiger partial charge < -0.3 is 9.73 Å². The van der Waals surface area contributed by atoms with Gasteiger partial charge in [0.1, 0.15) is 6.04 Å². The first kappa shape index (κ1) is 22.9. The Bertz CT molecular complexity index is 1230. The maximum absolute atomic E-state index is 13.6. The average molecular weight is 455 g/mol. The predicted octanol–water partition coefficient (Wildman–Crippen LogP) is 5.04. The molecule has 0 bridgehead atoms. The average Bonchev–Trinajstić information content (AvgIpc) is 3.37. The van der Waals surface area contributed by atoms with Gasteiger partial charge in [-0.05, 0) is 50.1 Å². The first-order valence-electron chi connectivity index (χ1n) is 10.9. The molecule has 0 aliphatic carbocycles. The van der Waals surface area contributed by atoms with Crippen LogP contribution in [0.4, 0.5) is 5.69 Å². The molecule has 0 aliphatic rings. The van der Waals surface area contributed by atoms with Crippen LogP contribution in [-0.2, 0) is 4.79 Å². The van der Waals surface area contributed by atoms with Gasteiger partial charge in [0.25, 0.3) is 5.91 Å². The molecular weight excluding hydrogens is 428 g/mol. The van der Waals surface area contributed by atoms with Crippen molar-refractivity contribution in [1.82, 2.24) is 15.3 Å². The minimum atomic E-state index is -0.979. The van der Waals surface area contributed by atoms with Crippen molar-refractivity contribution in [3.63, 3.8) is 0 Å². The van der Waals surface area contributed by atoms with Crippen LogP contribution < -0.4 is 10.2 Å². The van der Waals surface area contributed by atoms with Gasteiger partial charge in [-0.15, -0.1) is 0 Å². The molecule has 1 atom stereocenters. The molecule has 2 heterocycles. The minimum Gasteiger partial charge on any atom is -0.438 e. The Balaban J connectivity index is 1.82. The summed E-state index contributed by atoms with van der Waals surface area (Å²) in [7, 11) is 0. The summed E-state index contributed by atoms with van der Waals surface area (Å²) in [5.74, 6) is -0.784. The number of carbonyl (C=O) groups excluding carboxylic acids is 2. The Morgan fingerprint density at radius 1 is 0.882 bits per heavy atom. The van der Waals surface area contributed by atoms with Crippen molar-refractivity contribution in [1.29, 1.82) is 0 Å². The number of carbonyl (C=O) groups is 2. The lowest BCUT2D eigenvalue weighted by Crippen LogP contribution is -2.49. The Kier molecular flexibility index (Phi) is 6.54. The first-order chi connectivity index (χ1) is 16.3. The van der Waals surface area contributed by atoms with Gasteiger partial charge in [0, 0.05) is 29.2 Å². The third kappa shape index (κ3) is 5.20. The number of nitrogens with zero attached hydrogens (tertiary/aromatic N) is 3. The molecule has 0 aliphatic heterocycles. The van der Waals surface area contributed by atoms with Crippen LogP contribution in [0, 0.1) is 0 Å². The molecule has 0 spiro atoms. The Morgan fingerprint density at radius 2 is 1.59 bits per heavy atom. The molecule has 0 fully saturated rings. The fourth-order valence-corrected chi connectivity index (χ4v) is 3.66. The SMILES string of the molecule is CC(C)(C)NC(=O)[C@@H](c1cccnc1)N(C(=O)c1cnco1)c1ccc(-c2ccccc2)cc1. The summed E-state index contributed by atoms with van der Waals surface area (Å²) in [6, 6.07) is 20.0. The lowest BCUT2D eigenvalue weighted by Gasteiger charge is -2.33. The number of aromatic nitrogens is 2. The number of amides is 2.